The summed E-state index contributed by atoms with van der Waals surface area (Å²) in [6.45, 7) is 33.9. The van der Waals surface area contributed by atoms with Crippen LogP contribution in [0.25, 0.3) is 0 Å². The van der Waals surface area contributed by atoms with Crippen LogP contribution in [0.2, 0.25) is 0 Å². The van der Waals surface area contributed by atoms with Gasteiger partial charge in [-0.25, -0.2) is 0 Å². The van der Waals surface area contributed by atoms with E-state index in [4.69, 9.17) is 75.8 Å². The van der Waals surface area contributed by atoms with Crippen LogP contribution in [-0.4, -0.2) is 203 Å². The van der Waals surface area contributed by atoms with Gasteiger partial charge in [-0.2, -0.15) is 0 Å². The molecule has 0 spiro atoms. The second-order valence-electron chi connectivity index (χ2n) is 39.2. The Bertz CT molecular complexity index is 3950. The van der Waals surface area contributed by atoms with E-state index in [1.807, 2.05) is 76.2 Å². The standard InChI is InChI=1S/C16H24O4.C15H20O7.2C15H20O6.C15H22O4.C14H20O4.12CH4/c1-5-16(3,4)15(18)20-13-8(2)9-6-10(13)11-7-19-14(17)12(9)11;1-5-15(2,3)14(18)22-11-8-6(12(16)19-4)7-9(20-8)10(11)21-13(7)17;1-4-6(2)13(16)20-11-7-5-8-10(9(7)14(17)19-3)15(18)21-12(8)11;1-4-6(3)14(17)20-12-10-8(7(16)5-2)9-11(19-10)13(12)21-15(9)18;1-4-15(2,3)14(17)19-11-6-8-5-9(11)10-7-18-13(16)12(8)10;1-3-7(2)13(15)18-11-5-8-4-9(11)10-6-17-14(16)12(8)10;;;;;;;;;;;;/h8-13H,5-7H2,1-4H3;6-11H,5H2,1-4H3;6-12H,4-5H2,1-3H3;6,8-13H,4-5H2,1-3H3;8-12H,4-7H2,1-3H3;7-12H,3-6H2,1-2H3;12*1H4. The first-order chi connectivity index (χ1) is 57.2. The van der Waals surface area contributed by atoms with Gasteiger partial charge in [0.2, 0.25) is 0 Å². The summed E-state index contributed by atoms with van der Waals surface area (Å²) < 4.78 is 86.4. The lowest BCUT2D eigenvalue weighted by molar-refractivity contribution is -0.171. The molecular formula is C102H174O31. The third kappa shape index (κ3) is 22.0. The monoisotopic (exact) mass is 1900 g/mol. The molecule has 18 fully saturated rings. The largest absolute Gasteiger partial charge is 0.469 e. The fourth-order valence-electron chi connectivity index (χ4n) is 22.8. The maximum Gasteiger partial charge on any atom is 0.313 e. The van der Waals surface area contributed by atoms with Gasteiger partial charge in [0.1, 0.15) is 72.6 Å². The van der Waals surface area contributed by atoms with Crippen LogP contribution in [0.1, 0.15) is 290 Å². The van der Waals surface area contributed by atoms with E-state index in [-0.39, 0.29) is 244 Å². The van der Waals surface area contributed by atoms with Gasteiger partial charge in [-0.05, 0) is 142 Å². The van der Waals surface area contributed by atoms with Crippen molar-refractivity contribution in [3.05, 3.63) is 0 Å². The third-order valence-electron chi connectivity index (χ3n) is 31.8. The minimum atomic E-state index is -0.774. The number of carbonyl (C=O) groups is 15. The highest BCUT2D eigenvalue weighted by Crippen LogP contribution is 2.63. The summed E-state index contributed by atoms with van der Waals surface area (Å²) in [5.41, 5.74) is -1.49. The van der Waals surface area contributed by atoms with Gasteiger partial charge in [0.15, 0.2) is 24.4 Å². The number of Topliss-reactive ketones (excluding diaryl/α,β-unsaturated/α-hetero) is 1. The van der Waals surface area contributed by atoms with Crippen LogP contribution in [0.5, 0.6) is 0 Å². The fraction of sp³-hybridized carbons (Fsp3) is 0.853. The van der Waals surface area contributed by atoms with Crippen molar-refractivity contribution in [2.45, 2.75) is 370 Å². The molecule has 0 aromatic rings. The molecule has 8 aliphatic carbocycles. The molecule has 10 heterocycles. The average Bonchev–Trinajstić information content (AvgIpc) is 1.50. The number of methoxy groups -OCH3 is 2. The van der Waals surface area contributed by atoms with Crippen molar-refractivity contribution in [3.63, 3.8) is 0 Å². The average molecular weight is 1900 g/mol. The van der Waals surface area contributed by atoms with Gasteiger partial charge in [-0.15, -0.1) is 0 Å². The molecule has 0 radical (unpaired) electrons. The predicted molar refractivity (Wildman–Crippen MR) is 496 cm³/mol. The molecule has 10 saturated heterocycles. The number of fused-ring (bicyclic) bond motifs is 18. The Morgan fingerprint density at radius 3 is 1.10 bits per heavy atom. The number of esters is 14. The van der Waals surface area contributed by atoms with Gasteiger partial charge in [0, 0.05) is 53.8 Å². The number of hydrogen-bond donors (Lipinski definition) is 0. The number of carbonyl (C=O) groups excluding carboxylic acids is 15. The smallest absolute Gasteiger partial charge is 0.313 e. The molecule has 37 atom stereocenters. The molecule has 31 nitrogen and oxygen atoms in total. The Balaban J connectivity index is 0.000000785. The molecule has 0 N–H and O–H groups in total. The maximum absolute atomic E-state index is 12.3. The minimum Gasteiger partial charge on any atom is -0.469 e. The van der Waals surface area contributed by atoms with Crippen molar-refractivity contribution in [2.24, 2.45) is 158 Å². The van der Waals surface area contributed by atoms with Gasteiger partial charge in [-0.3, -0.25) is 71.9 Å². The minimum absolute atomic E-state index is 0. The molecule has 768 valence electrons. The molecule has 37 unspecified atom stereocenters. The summed E-state index contributed by atoms with van der Waals surface area (Å²) in [7, 11) is 2.57. The molecule has 18 aliphatic rings. The van der Waals surface area contributed by atoms with E-state index in [0.29, 0.717) is 93.4 Å². The summed E-state index contributed by atoms with van der Waals surface area (Å²) in [6, 6.07) is 0. The molecule has 12 bridgehead atoms. The zero-order valence-electron chi connectivity index (χ0n) is 73.3. The van der Waals surface area contributed by atoms with Gasteiger partial charge in [0.05, 0.1) is 109 Å². The summed E-state index contributed by atoms with van der Waals surface area (Å²) in [6.07, 6.45) is 4.39. The van der Waals surface area contributed by atoms with E-state index < -0.39 is 131 Å². The highest BCUT2D eigenvalue weighted by atomic mass is 16.7. The molecule has 10 aliphatic heterocycles. The van der Waals surface area contributed by atoms with E-state index in [1.54, 1.807) is 34.6 Å². The van der Waals surface area contributed by atoms with E-state index in [2.05, 4.69) is 6.92 Å². The quantitative estimate of drug-likeness (QED) is 0.0717. The van der Waals surface area contributed by atoms with E-state index >= 15 is 0 Å². The first kappa shape index (κ1) is 123. The van der Waals surface area contributed by atoms with Crippen LogP contribution in [0.3, 0.4) is 0 Å². The number of ether oxygens (including phenoxy) is 16. The van der Waals surface area contributed by atoms with Crippen molar-refractivity contribution >= 4 is 89.4 Å². The van der Waals surface area contributed by atoms with Crippen molar-refractivity contribution in [2.75, 3.05) is 34.0 Å². The second-order valence-corrected chi connectivity index (χ2v) is 39.2. The van der Waals surface area contributed by atoms with Crippen LogP contribution in [-0.2, 0) is 148 Å². The predicted octanol–water partition coefficient (Wildman–Crippen LogP) is 16.2. The van der Waals surface area contributed by atoms with Crippen LogP contribution < -0.4 is 0 Å². The van der Waals surface area contributed by atoms with Gasteiger partial charge in [0.25, 0.3) is 0 Å². The Labute approximate surface area is 795 Å². The number of cyclic esters (lactones) is 3. The molecule has 0 amide bonds. The van der Waals surface area contributed by atoms with Crippen molar-refractivity contribution < 1.29 is 148 Å². The number of rotatable bonds is 22. The molecule has 133 heavy (non-hydrogen) atoms. The first-order valence-electron chi connectivity index (χ1n) is 44.6. The van der Waals surface area contributed by atoms with E-state index in [0.717, 1.165) is 51.4 Å². The fourth-order valence-corrected chi connectivity index (χ4v) is 22.8. The molecule has 0 aromatic heterocycles. The first-order valence-corrected chi connectivity index (χ1v) is 44.6. The van der Waals surface area contributed by atoms with Crippen LogP contribution in [0.15, 0.2) is 0 Å². The molecule has 8 saturated carbocycles. The summed E-state index contributed by atoms with van der Waals surface area (Å²) in [4.78, 5) is 180. The second kappa shape index (κ2) is 48.0. The van der Waals surface area contributed by atoms with Crippen molar-refractivity contribution in [1.82, 2.24) is 0 Å². The van der Waals surface area contributed by atoms with E-state index in [9.17, 15) is 71.9 Å². The van der Waals surface area contributed by atoms with Gasteiger partial charge in [-0.1, -0.05) is 165 Å². The summed E-state index contributed by atoms with van der Waals surface area (Å²) in [5, 5.41) is 0. The summed E-state index contributed by atoms with van der Waals surface area (Å²) >= 11 is 0. The third-order valence-corrected chi connectivity index (χ3v) is 31.8. The normalized spacial score (nSPS) is 37.2. The zero-order valence-corrected chi connectivity index (χ0v) is 73.3. The Morgan fingerprint density at radius 2 is 0.677 bits per heavy atom. The van der Waals surface area contributed by atoms with Gasteiger partial charge < -0.3 is 75.8 Å². The van der Waals surface area contributed by atoms with Crippen molar-refractivity contribution in [3.8, 4) is 0 Å². The number of ketones is 1. The molecular weight excluding hydrogens is 1720 g/mol. The topological polar surface area (TPSA) is 404 Å². The summed E-state index contributed by atoms with van der Waals surface area (Å²) in [5.74, 6) is -4.31. The lowest BCUT2D eigenvalue weighted by Gasteiger charge is -2.35. The zero-order chi connectivity index (χ0) is 88.1. The molecule has 31 heteroatoms. The van der Waals surface area contributed by atoms with Crippen LogP contribution in [0, 0.1) is 158 Å². The molecule has 18 rings (SSSR count). The Hall–Kier alpha value is -7.83. The maximum atomic E-state index is 12.3. The van der Waals surface area contributed by atoms with Crippen LogP contribution in [0.4, 0.5) is 0 Å². The van der Waals surface area contributed by atoms with Gasteiger partial charge >= 0.3 is 83.6 Å². The number of hydrogen-bond acceptors (Lipinski definition) is 31. The Morgan fingerprint density at radius 1 is 0.331 bits per heavy atom. The molecule has 0 aromatic carbocycles. The van der Waals surface area contributed by atoms with E-state index in [1.165, 1.54) is 14.2 Å². The highest BCUT2D eigenvalue weighted by Gasteiger charge is 2.75. The lowest BCUT2D eigenvalue weighted by atomic mass is 9.74. The SMILES string of the molecule is C.C.C.C.C.C.C.C.C.C.C.C.CCC(=O)C1C2OC3C(OC(=O)C31)C2OC(=O)C(C)CC.CCC(C)(C)C(=O)OC1C(C)C2CC1C1COC(=O)C21.CCC(C)(C)C(=O)OC1C2OC(=O)C3C2OC1C3C(=O)OC.CCC(C)(C)C(=O)OC1CC2CC1C1COC(=O)C21.CCC(C)C(=O)OC1C2CC3C1OC(=O)C3C2C(=O)OC.CCC(C)C(=O)OC1CC2CC1C1COC(=O)C21. The lowest BCUT2D eigenvalue weighted by Crippen LogP contribution is -2.49. The highest BCUT2D eigenvalue weighted by molar-refractivity contribution is 5.91. The van der Waals surface area contributed by atoms with Crippen molar-refractivity contribution in [1.29, 1.82) is 0 Å². The van der Waals surface area contributed by atoms with Crippen LogP contribution >= 0.6 is 0 Å². The Kier molecular flexibility index (Phi) is 44.4.